The summed E-state index contributed by atoms with van der Waals surface area (Å²) in [5.74, 6) is -0.301. The third-order valence-electron chi connectivity index (χ3n) is 2.03. The molecule has 14 heavy (non-hydrogen) atoms. The summed E-state index contributed by atoms with van der Waals surface area (Å²) >= 11 is 5.90. The highest BCUT2D eigenvalue weighted by Gasteiger charge is 2.04. The average Bonchev–Trinajstić information content (AvgIpc) is 2.17. The van der Waals surface area contributed by atoms with Crippen molar-refractivity contribution in [2.24, 2.45) is 0 Å². The summed E-state index contributed by atoms with van der Waals surface area (Å²) in [7, 11) is 0. The van der Waals surface area contributed by atoms with Crippen LogP contribution in [0.4, 0.5) is 4.39 Å². The molecule has 0 spiro atoms. The molecule has 2 rings (SSSR count). The molecule has 0 aliphatic heterocycles. The summed E-state index contributed by atoms with van der Waals surface area (Å²) in [5, 5.41) is 1.17. The summed E-state index contributed by atoms with van der Waals surface area (Å²) in [4.78, 5) is 4.08. The van der Waals surface area contributed by atoms with Crippen molar-refractivity contribution in [3.05, 3.63) is 47.4 Å². The van der Waals surface area contributed by atoms with E-state index >= 15 is 0 Å². The van der Waals surface area contributed by atoms with Crippen molar-refractivity contribution < 1.29 is 4.39 Å². The van der Waals surface area contributed by atoms with Crippen molar-refractivity contribution in [3.63, 3.8) is 0 Å². The molecular weight excluding hydrogens is 201 g/mol. The fourth-order valence-electron chi connectivity index (χ4n) is 1.37. The zero-order valence-electron chi connectivity index (χ0n) is 7.30. The van der Waals surface area contributed by atoms with Gasteiger partial charge in [-0.1, -0.05) is 24.3 Å². The van der Waals surface area contributed by atoms with Crippen LogP contribution in [0.15, 0.2) is 31.0 Å². The van der Waals surface area contributed by atoms with Gasteiger partial charge in [-0.3, -0.25) is 4.98 Å². The zero-order valence-corrected chi connectivity index (χ0v) is 8.05. The Kier molecular flexibility index (Phi) is 2.22. The molecule has 0 unspecified atom stereocenters. The Morgan fingerprint density at radius 1 is 1.43 bits per heavy atom. The summed E-state index contributed by atoms with van der Waals surface area (Å²) in [6, 6.07) is 4.40. The summed E-state index contributed by atoms with van der Waals surface area (Å²) in [5.41, 5.74) is 1.43. The number of pyridine rings is 1. The minimum atomic E-state index is -0.301. The van der Waals surface area contributed by atoms with Crippen LogP contribution in [-0.4, -0.2) is 4.98 Å². The first-order valence-electron chi connectivity index (χ1n) is 4.08. The summed E-state index contributed by atoms with van der Waals surface area (Å²) in [6.07, 6.45) is 3.14. The maximum atomic E-state index is 13.0. The van der Waals surface area contributed by atoms with Crippen LogP contribution in [0.1, 0.15) is 5.56 Å². The molecule has 1 aromatic heterocycles. The van der Waals surface area contributed by atoms with Gasteiger partial charge in [0.05, 0.1) is 10.5 Å². The van der Waals surface area contributed by atoms with E-state index in [9.17, 15) is 4.39 Å². The van der Waals surface area contributed by atoms with Crippen molar-refractivity contribution in [2.45, 2.75) is 0 Å². The van der Waals surface area contributed by atoms with E-state index in [1.54, 1.807) is 18.3 Å². The van der Waals surface area contributed by atoms with Crippen LogP contribution < -0.4 is 0 Å². The van der Waals surface area contributed by atoms with Gasteiger partial charge in [-0.2, -0.15) is 0 Å². The van der Waals surface area contributed by atoms with Crippen molar-refractivity contribution in [2.75, 3.05) is 0 Å². The number of nitrogens with zero attached hydrogens (tertiary/aromatic N) is 1. The Bertz CT molecular complexity index is 503. The summed E-state index contributed by atoms with van der Waals surface area (Å²) in [6.45, 7) is 3.64. The van der Waals surface area contributed by atoms with E-state index in [2.05, 4.69) is 11.6 Å². The normalized spacial score (nSPS) is 10.4. The van der Waals surface area contributed by atoms with Gasteiger partial charge in [-0.05, 0) is 18.2 Å². The van der Waals surface area contributed by atoms with Gasteiger partial charge in [0.2, 0.25) is 0 Å². The largest absolute Gasteiger partial charge is 0.255 e. The molecule has 0 fully saturated rings. The van der Waals surface area contributed by atoms with Gasteiger partial charge in [0, 0.05) is 17.1 Å². The molecule has 0 radical (unpaired) electrons. The monoisotopic (exact) mass is 207 g/mol. The quantitative estimate of drug-likeness (QED) is 0.695. The Morgan fingerprint density at radius 3 is 2.93 bits per heavy atom. The number of rotatable bonds is 1. The van der Waals surface area contributed by atoms with Crippen LogP contribution in [0.25, 0.3) is 17.0 Å². The highest BCUT2D eigenvalue weighted by atomic mass is 35.5. The van der Waals surface area contributed by atoms with Crippen LogP contribution in [0.5, 0.6) is 0 Å². The topological polar surface area (TPSA) is 12.9 Å². The zero-order chi connectivity index (χ0) is 10.1. The first-order valence-corrected chi connectivity index (χ1v) is 4.46. The molecule has 0 amide bonds. The molecular formula is C11H7ClFN. The second-order valence-corrected chi connectivity index (χ2v) is 3.29. The molecule has 0 aliphatic carbocycles. The average molecular weight is 208 g/mol. The van der Waals surface area contributed by atoms with E-state index < -0.39 is 0 Å². The van der Waals surface area contributed by atoms with Gasteiger partial charge in [0.15, 0.2) is 0 Å². The van der Waals surface area contributed by atoms with Crippen LogP contribution in [0.3, 0.4) is 0 Å². The minimum absolute atomic E-state index is 0.301. The fourth-order valence-corrected chi connectivity index (χ4v) is 1.60. The van der Waals surface area contributed by atoms with Gasteiger partial charge in [0.1, 0.15) is 5.82 Å². The number of fused-ring (bicyclic) bond motifs is 1. The molecule has 0 N–H and O–H groups in total. The predicted molar refractivity (Wildman–Crippen MR) is 56.8 cm³/mol. The number of hydrogen-bond acceptors (Lipinski definition) is 1. The first kappa shape index (κ1) is 9.16. The van der Waals surface area contributed by atoms with Gasteiger partial charge in [0.25, 0.3) is 0 Å². The third kappa shape index (κ3) is 1.38. The molecule has 2 aromatic rings. The van der Waals surface area contributed by atoms with Crippen molar-refractivity contribution in [1.82, 2.24) is 4.98 Å². The molecule has 1 heterocycles. The van der Waals surface area contributed by atoms with E-state index in [4.69, 9.17) is 11.6 Å². The highest BCUT2D eigenvalue weighted by Crippen LogP contribution is 2.25. The van der Waals surface area contributed by atoms with E-state index in [0.717, 1.165) is 5.56 Å². The van der Waals surface area contributed by atoms with E-state index in [1.807, 2.05) is 0 Å². The molecule has 0 atom stereocenters. The molecule has 0 aliphatic rings. The van der Waals surface area contributed by atoms with E-state index in [1.165, 1.54) is 12.1 Å². The maximum absolute atomic E-state index is 13.0. The van der Waals surface area contributed by atoms with Gasteiger partial charge in [-0.25, -0.2) is 4.39 Å². The Balaban J connectivity index is 2.91. The van der Waals surface area contributed by atoms with Crippen LogP contribution in [0, 0.1) is 5.82 Å². The van der Waals surface area contributed by atoms with Crippen LogP contribution >= 0.6 is 11.6 Å². The molecule has 0 saturated carbocycles. The lowest BCUT2D eigenvalue weighted by Gasteiger charge is -2.03. The molecule has 1 nitrogen and oxygen atoms in total. The van der Waals surface area contributed by atoms with E-state index in [-0.39, 0.29) is 5.82 Å². The number of halogens is 2. The fraction of sp³-hybridized carbons (Fsp3) is 0. The Morgan fingerprint density at radius 2 is 2.21 bits per heavy atom. The Labute approximate surface area is 85.8 Å². The van der Waals surface area contributed by atoms with Crippen LogP contribution in [-0.2, 0) is 0 Å². The SMILES string of the molecule is C=Cc1c(Cl)cnc2ccc(F)cc12. The predicted octanol–water partition coefficient (Wildman–Crippen LogP) is 3.67. The van der Waals surface area contributed by atoms with Crippen LogP contribution in [0.2, 0.25) is 5.02 Å². The number of aromatic nitrogens is 1. The second-order valence-electron chi connectivity index (χ2n) is 2.89. The number of hydrogen-bond donors (Lipinski definition) is 0. The number of benzene rings is 1. The Hall–Kier alpha value is -1.41. The molecule has 0 bridgehead atoms. The molecule has 70 valence electrons. The minimum Gasteiger partial charge on any atom is -0.255 e. The van der Waals surface area contributed by atoms with Gasteiger partial charge in [-0.15, -0.1) is 0 Å². The van der Waals surface area contributed by atoms with Crippen molar-refractivity contribution in [1.29, 1.82) is 0 Å². The lowest BCUT2D eigenvalue weighted by molar-refractivity contribution is 0.629. The standard InChI is InChI=1S/C11H7ClFN/c1-2-8-9-5-7(13)3-4-11(9)14-6-10(8)12/h2-6H,1H2. The molecule has 0 saturated heterocycles. The molecule has 3 heteroatoms. The highest BCUT2D eigenvalue weighted by molar-refractivity contribution is 6.33. The third-order valence-corrected chi connectivity index (χ3v) is 2.33. The van der Waals surface area contributed by atoms with Crippen molar-refractivity contribution in [3.8, 4) is 0 Å². The lowest BCUT2D eigenvalue weighted by Crippen LogP contribution is -1.85. The van der Waals surface area contributed by atoms with Crippen molar-refractivity contribution >= 4 is 28.6 Å². The van der Waals surface area contributed by atoms with E-state index in [0.29, 0.717) is 15.9 Å². The lowest BCUT2D eigenvalue weighted by atomic mass is 10.1. The molecule has 1 aromatic carbocycles. The maximum Gasteiger partial charge on any atom is 0.123 e. The summed E-state index contributed by atoms with van der Waals surface area (Å²) < 4.78 is 13.0. The first-order chi connectivity index (χ1) is 6.72. The van der Waals surface area contributed by atoms with Gasteiger partial charge < -0.3 is 0 Å². The second kappa shape index (κ2) is 3.39. The smallest absolute Gasteiger partial charge is 0.123 e. The van der Waals surface area contributed by atoms with Gasteiger partial charge >= 0.3 is 0 Å².